The fourth-order valence-electron chi connectivity index (χ4n) is 1.25. The molecule has 0 heterocycles. The van der Waals surface area contributed by atoms with Crippen molar-refractivity contribution in [1.29, 1.82) is 0 Å². The average Bonchev–Trinajstić information content (AvgIpc) is 2.34. The summed E-state index contributed by atoms with van der Waals surface area (Å²) in [6.45, 7) is 0.0650. The molecule has 0 spiro atoms. The quantitative estimate of drug-likeness (QED) is 0.795. The van der Waals surface area contributed by atoms with Crippen LogP contribution in [0.4, 0.5) is 0 Å². The standard InChI is InChI=1S/C13H12O4/c14-10-1-5-12(6-2-10)16-9-17-13-7-3-11(15)4-8-13/h1-8,14-15H,9H2. The maximum absolute atomic E-state index is 9.08. The Morgan fingerprint density at radius 1 is 0.647 bits per heavy atom. The van der Waals surface area contributed by atoms with E-state index in [1.165, 1.54) is 24.3 Å². The molecule has 0 aromatic heterocycles. The van der Waals surface area contributed by atoms with Crippen molar-refractivity contribution in [2.24, 2.45) is 0 Å². The summed E-state index contributed by atoms with van der Waals surface area (Å²) in [7, 11) is 0. The van der Waals surface area contributed by atoms with E-state index >= 15 is 0 Å². The van der Waals surface area contributed by atoms with Gasteiger partial charge in [0.2, 0.25) is 6.79 Å². The van der Waals surface area contributed by atoms with Gasteiger partial charge < -0.3 is 19.7 Å². The summed E-state index contributed by atoms with van der Waals surface area (Å²) >= 11 is 0. The van der Waals surface area contributed by atoms with Crippen LogP contribution in [-0.2, 0) is 0 Å². The number of aromatic hydroxyl groups is 2. The van der Waals surface area contributed by atoms with Gasteiger partial charge in [0.1, 0.15) is 23.0 Å². The second kappa shape index (κ2) is 5.12. The van der Waals surface area contributed by atoms with Crippen molar-refractivity contribution in [3.05, 3.63) is 48.5 Å². The number of hydrogen-bond donors (Lipinski definition) is 2. The molecule has 0 radical (unpaired) electrons. The maximum atomic E-state index is 9.08. The molecule has 0 amide bonds. The molecule has 0 unspecified atom stereocenters. The minimum atomic E-state index is 0.0650. The lowest BCUT2D eigenvalue weighted by atomic mass is 10.3. The summed E-state index contributed by atoms with van der Waals surface area (Å²) in [5.41, 5.74) is 0. The summed E-state index contributed by atoms with van der Waals surface area (Å²) in [6.07, 6.45) is 0. The molecule has 0 fully saturated rings. The Bertz CT molecular complexity index is 416. The molecule has 0 aliphatic rings. The van der Waals surface area contributed by atoms with Crippen LogP contribution in [0, 0.1) is 0 Å². The van der Waals surface area contributed by atoms with E-state index in [-0.39, 0.29) is 18.3 Å². The summed E-state index contributed by atoms with van der Waals surface area (Å²) in [4.78, 5) is 0. The minimum absolute atomic E-state index is 0.0650. The predicted octanol–water partition coefficient (Wildman–Crippen LogP) is 2.51. The monoisotopic (exact) mass is 232 g/mol. The van der Waals surface area contributed by atoms with E-state index in [9.17, 15) is 0 Å². The third kappa shape index (κ3) is 3.31. The van der Waals surface area contributed by atoms with Crippen molar-refractivity contribution in [3.8, 4) is 23.0 Å². The summed E-state index contributed by atoms with van der Waals surface area (Å²) in [5.74, 6) is 1.61. The van der Waals surface area contributed by atoms with Crippen LogP contribution in [0.1, 0.15) is 0 Å². The van der Waals surface area contributed by atoms with Crippen LogP contribution in [-0.4, -0.2) is 17.0 Å². The number of rotatable bonds is 4. The largest absolute Gasteiger partial charge is 0.508 e. The van der Waals surface area contributed by atoms with Gasteiger partial charge in [0.25, 0.3) is 0 Å². The van der Waals surface area contributed by atoms with Crippen molar-refractivity contribution >= 4 is 0 Å². The topological polar surface area (TPSA) is 58.9 Å². The van der Waals surface area contributed by atoms with E-state index in [0.29, 0.717) is 11.5 Å². The molecule has 2 N–H and O–H groups in total. The van der Waals surface area contributed by atoms with Crippen molar-refractivity contribution in [3.63, 3.8) is 0 Å². The number of phenolic OH excluding ortho intramolecular Hbond substituents is 2. The third-order valence-electron chi connectivity index (χ3n) is 2.12. The van der Waals surface area contributed by atoms with Crippen LogP contribution >= 0.6 is 0 Å². The summed E-state index contributed by atoms with van der Waals surface area (Å²) in [5, 5.41) is 18.2. The Balaban J connectivity index is 1.83. The molecular formula is C13H12O4. The lowest BCUT2D eigenvalue weighted by Crippen LogP contribution is -2.05. The van der Waals surface area contributed by atoms with Gasteiger partial charge in [-0.05, 0) is 48.5 Å². The Morgan fingerprint density at radius 2 is 1.00 bits per heavy atom. The van der Waals surface area contributed by atoms with Crippen molar-refractivity contribution in [2.75, 3.05) is 6.79 Å². The average molecular weight is 232 g/mol. The first-order valence-electron chi connectivity index (χ1n) is 5.08. The molecule has 0 aliphatic heterocycles. The molecule has 4 heteroatoms. The molecule has 0 bridgehead atoms. The zero-order chi connectivity index (χ0) is 12.1. The van der Waals surface area contributed by atoms with Crippen molar-refractivity contribution in [1.82, 2.24) is 0 Å². The highest BCUT2D eigenvalue weighted by atomic mass is 16.7. The molecular weight excluding hydrogens is 220 g/mol. The van der Waals surface area contributed by atoms with Gasteiger partial charge in [-0.25, -0.2) is 0 Å². The fraction of sp³-hybridized carbons (Fsp3) is 0.0769. The van der Waals surface area contributed by atoms with Gasteiger partial charge in [0.05, 0.1) is 0 Å². The molecule has 2 rings (SSSR count). The first-order valence-corrected chi connectivity index (χ1v) is 5.08. The molecule has 2 aromatic rings. The maximum Gasteiger partial charge on any atom is 0.230 e. The molecule has 4 nitrogen and oxygen atoms in total. The van der Waals surface area contributed by atoms with E-state index in [4.69, 9.17) is 19.7 Å². The van der Waals surface area contributed by atoms with E-state index < -0.39 is 0 Å². The second-order valence-electron chi connectivity index (χ2n) is 3.39. The molecule has 0 atom stereocenters. The SMILES string of the molecule is Oc1ccc(OCOc2ccc(O)cc2)cc1. The van der Waals surface area contributed by atoms with Crippen LogP contribution in [0.3, 0.4) is 0 Å². The molecule has 0 saturated carbocycles. The molecule has 88 valence electrons. The molecule has 17 heavy (non-hydrogen) atoms. The van der Waals surface area contributed by atoms with E-state index in [1.54, 1.807) is 24.3 Å². The van der Waals surface area contributed by atoms with Gasteiger partial charge in [-0.1, -0.05) is 0 Å². The molecule has 0 saturated heterocycles. The third-order valence-corrected chi connectivity index (χ3v) is 2.12. The van der Waals surface area contributed by atoms with Gasteiger partial charge >= 0.3 is 0 Å². The Hall–Kier alpha value is -2.36. The number of hydrogen-bond acceptors (Lipinski definition) is 4. The summed E-state index contributed by atoms with van der Waals surface area (Å²) in [6, 6.07) is 12.7. The lowest BCUT2D eigenvalue weighted by Gasteiger charge is -2.08. The minimum Gasteiger partial charge on any atom is -0.508 e. The number of benzene rings is 2. The molecule has 0 aliphatic carbocycles. The Kier molecular flexibility index (Phi) is 3.35. The van der Waals surface area contributed by atoms with E-state index in [0.717, 1.165) is 0 Å². The first-order chi connectivity index (χ1) is 8.24. The highest BCUT2D eigenvalue weighted by Gasteiger charge is 1.96. The first kappa shape index (κ1) is 11.1. The molecule has 2 aromatic carbocycles. The zero-order valence-electron chi connectivity index (χ0n) is 9.04. The van der Waals surface area contributed by atoms with Crippen LogP contribution in [0.15, 0.2) is 48.5 Å². The van der Waals surface area contributed by atoms with Crippen LogP contribution in [0.5, 0.6) is 23.0 Å². The van der Waals surface area contributed by atoms with Crippen LogP contribution < -0.4 is 9.47 Å². The predicted molar refractivity (Wildman–Crippen MR) is 62.3 cm³/mol. The van der Waals surface area contributed by atoms with E-state index in [1.807, 2.05) is 0 Å². The van der Waals surface area contributed by atoms with Crippen molar-refractivity contribution < 1.29 is 19.7 Å². The van der Waals surface area contributed by atoms with Crippen molar-refractivity contribution in [2.45, 2.75) is 0 Å². The lowest BCUT2D eigenvalue weighted by molar-refractivity contribution is 0.119. The van der Waals surface area contributed by atoms with Gasteiger partial charge in [-0.2, -0.15) is 0 Å². The zero-order valence-corrected chi connectivity index (χ0v) is 9.04. The fourth-order valence-corrected chi connectivity index (χ4v) is 1.25. The van der Waals surface area contributed by atoms with Crippen LogP contribution in [0.2, 0.25) is 0 Å². The second-order valence-corrected chi connectivity index (χ2v) is 3.39. The number of phenols is 2. The smallest absolute Gasteiger partial charge is 0.230 e. The number of ether oxygens (including phenoxy) is 2. The Labute approximate surface area is 98.7 Å². The Morgan fingerprint density at radius 3 is 1.35 bits per heavy atom. The van der Waals surface area contributed by atoms with Crippen LogP contribution in [0.25, 0.3) is 0 Å². The van der Waals surface area contributed by atoms with Gasteiger partial charge in [0, 0.05) is 0 Å². The highest BCUT2D eigenvalue weighted by molar-refractivity contribution is 5.31. The highest BCUT2D eigenvalue weighted by Crippen LogP contribution is 2.18. The van der Waals surface area contributed by atoms with Gasteiger partial charge in [-0.3, -0.25) is 0 Å². The van der Waals surface area contributed by atoms with Gasteiger partial charge in [-0.15, -0.1) is 0 Å². The summed E-state index contributed by atoms with van der Waals surface area (Å²) < 4.78 is 10.6. The van der Waals surface area contributed by atoms with E-state index in [2.05, 4.69) is 0 Å². The normalized spacial score (nSPS) is 9.88. The van der Waals surface area contributed by atoms with Gasteiger partial charge in [0.15, 0.2) is 0 Å².